The Kier molecular flexibility index (Phi) is 18.7. The van der Waals surface area contributed by atoms with Crippen LogP contribution in [-0.4, -0.2) is 29.4 Å². The van der Waals surface area contributed by atoms with Gasteiger partial charge in [-0.15, -0.1) is 0 Å². The zero-order valence-electron chi connectivity index (χ0n) is 46.1. The summed E-state index contributed by atoms with van der Waals surface area (Å²) in [5, 5.41) is 14.8. The van der Waals surface area contributed by atoms with E-state index in [0.29, 0.717) is 39.9 Å². The lowest BCUT2D eigenvalue weighted by Gasteiger charge is -2.29. The Balaban J connectivity index is 1.02. The summed E-state index contributed by atoms with van der Waals surface area (Å²) in [6.45, 7) is 8.49. The first-order valence-electron chi connectivity index (χ1n) is 29.1. The molecule has 0 aliphatic heterocycles. The number of anilines is 2. The number of azo groups is 1. The molecule has 10 heteroatoms. The largest absolute Gasteiger partial charge is 0.423 e. The minimum atomic E-state index is -0.926. The molecule has 10 nitrogen and oxygen atoms in total. The predicted octanol–water partition coefficient (Wildman–Crippen LogP) is 18.0. The van der Waals surface area contributed by atoms with Crippen LogP contribution in [0.2, 0.25) is 0 Å². The van der Waals surface area contributed by atoms with Gasteiger partial charge in [0.15, 0.2) is 11.6 Å². The van der Waals surface area contributed by atoms with Crippen LogP contribution in [0.4, 0.5) is 22.7 Å². The number of ketones is 2. The van der Waals surface area contributed by atoms with Gasteiger partial charge < -0.3 is 15.4 Å². The Hall–Kier alpha value is -7.33. The number of benzene rings is 6. The van der Waals surface area contributed by atoms with Gasteiger partial charge in [-0.2, -0.15) is 10.2 Å². The molecule has 0 unspecified atom stereocenters. The number of carbonyl (C=O) groups excluding carboxylic acids is 5. The van der Waals surface area contributed by atoms with Gasteiger partial charge >= 0.3 is 5.97 Å². The maximum absolute atomic E-state index is 14.9. The fraction of sp³-hybridized carbons (Fsp3) is 0.397. The summed E-state index contributed by atoms with van der Waals surface area (Å²) in [6, 6.07) is 35.9. The lowest BCUT2D eigenvalue weighted by molar-refractivity contribution is 0.0735. The molecule has 0 atom stereocenters. The number of unbranched alkanes of at least 4 members (excludes halogenated alkanes) is 5. The van der Waals surface area contributed by atoms with Crippen LogP contribution < -0.4 is 15.4 Å². The van der Waals surface area contributed by atoms with Crippen molar-refractivity contribution in [2.24, 2.45) is 22.1 Å². The Labute approximate surface area is 461 Å². The van der Waals surface area contributed by atoms with Gasteiger partial charge in [-0.1, -0.05) is 139 Å². The van der Waals surface area contributed by atoms with Crippen molar-refractivity contribution in [1.82, 2.24) is 0 Å². The van der Waals surface area contributed by atoms with Crippen LogP contribution in [0, 0.1) is 18.8 Å². The Bertz CT molecular complexity index is 3120. The van der Waals surface area contributed by atoms with Gasteiger partial charge in [-0.25, -0.2) is 4.79 Å². The second kappa shape index (κ2) is 26.3. The van der Waals surface area contributed by atoms with E-state index in [1.165, 1.54) is 99.8 Å². The van der Waals surface area contributed by atoms with E-state index >= 15 is 0 Å². The van der Waals surface area contributed by atoms with Crippen molar-refractivity contribution < 1.29 is 28.7 Å². The van der Waals surface area contributed by atoms with Crippen LogP contribution in [0.25, 0.3) is 0 Å². The van der Waals surface area contributed by atoms with Crippen LogP contribution in [-0.2, 0) is 6.42 Å². The van der Waals surface area contributed by atoms with Crippen molar-refractivity contribution in [1.29, 1.82) is 0 Å². The van der Waals surface area contributed by atoms with Crippen molar-refractivity contribution in [2.75, 3.05) is 10.6 Å². The molecule has 6 aromatic carbocycles. The molecule has 0 bridgehead atoms. The molecule has 3 aliphatic carbocycles. The first-order chi connectivity index (χ1) is 38.0. The number of aryl methyl sites for hydroxylation is 2. The minimum Gasteiger partial charge on any atom is -0.423 e. The van der Waals surface area contributed by atoms with E-state index in [1.807, 2.05) is 43.3 Å². The Morgan fingerprint density at radius 2 is 1.08 bits per heavy atom. The van der Waals surface area contributed by atoms with Gasteiger partial charge in [-0.05, 0) is 178 Å². The van der Waals surface area contributed by atoms with Gasteiger partial charge in [0, 0.05) is 22.3 Å². The monoisotopic (exact) mass is 1040 g/mol. The number of nitrogens with one attached hydrogen (secondary N) is 2. The first kappa shape index (κ1) is 55.4. The first-order valence-corrected chi connectivity index (χ1v) is 29.1. The molecular formula is C68H76N4O6. The third-order valence-electron chi connectivity index (χ3n) is 16.7. The molecule has 2 saturated carbocycles. The van der Waals surface area contributed by atoms with E-state index < -0.39 is 29.4 Å². The van der Waals surface area contributed by atoms with E-state index in [0.717, 1.165) is 56.8 Å². The second-order valence-corrected chi connectivity index (χ2v) is 22.2. The highest BCUT2D eigenvalue weighted by molar-refractivity contribution is 6.34. The number of ether oxygens (including phenoxy) is 1. The quantitative estimate of drug-likeness (QED) is 0.0317. The lowest BCUT2D eigenvalue weighted by Crippen LogP contribution is -2.28. The van der Waals surface area contributed by atoms with E-state index in [2.05, 4.69) is 53.8 Å². The zero-order valence-corrected chi connectivity index (χ0v) is 46.1. The van der Waals surface area contributed by atoms with E-state index in [-0.39, 0.29) is 44.9 Å². The number of rotatable bonds is 21. The Morgan fingerprint density at radius 3 is 1.60 bits per heavy atom. The molecule has 78 heavy (non-hydrogen) atoms. The highest BCUT2D eigenvalue weighted by atomic mass is 16.5. The molecule has 6 aromatic rings. The van der Waals surface area contributed by atoms with Gasteiger partial charge in [0.2, 0.25) is 0 Å². The number of fused-ring (bicyclic) bond motifs is 2. The van der Waals surface area contributed by atoms with Crippen LogP contribution >= 0.6 is 0 Å². The van der Waals surface area contributed by atoms with Gasteiger partial charge in [0.05, 0.1) is 39.4 Å². The summed E-state index contributed by atoms with van der Waals surface area (Å²) in [4.78, 5) is 73.5. The van der Waals surface area contributed by atoms with Crippen molar-refractivity contribution in [3.05, 3.63) is 183 Å². The fourth-order valence-corrected chi connectivity index (χ4v) is 12.0. The third kappa shape index (κ3) is 13.3. The van der Waals surface area contributed by atoms with Gasteiger partial charge in [0.25, 0.3) is 11.8 Å². The van der Waals surface area contributed by atoms with E-state index in [1.54, 1.807) is 66.7 Å². The summed E-state index contributed by atoms with van der Waals surface area (Å²) >= 11 is 0. The van der Waals surface area contributed by atoms with Crippen molar-refractivity contribution in [3.8, 4) is 5.75 Å². The minimum absolute atomic E-state index is 0.0620. The summed E-state index contributed by atoms with van der Waals surface area (Å²) in [7, 11) is 0. The van der Waals surface area contributed by atoms with Crippen molar-refractivity contribution in [2.45, 2.75) is 162 Å². The highest BCUT2D eigenvalue weighted by Crippen LogP contribution is 2.42. The molecule has 404 valence electrons. The molecular weight excluding hydrogens is 969 g/mol. The average molecular weight is 1050 g/mol. The highest BCUT2D eigenvalue weighted by Gasteiger charge is 2.38. The summed E-state index contributed by atoms with van der Waals surface area (Å²) in [6.07, 6.45) is 22.6. The maximum atomic E-state index is 14.9. The lowest BCUT2D eigenvalue weighted by atomic mass is 9.77. The molecule has 3 aliphatic rings. The molecule has 0 spiro atoms. The maximum Gasteiger partial charge on any atom is 0.345 e. The van der Waals surface area contributed by atoms with Crippen molar-refractivity contribution in [3.63, 3.8) is 0 Å². The Morgan fingerprint density at radius 1 is 0.551 bits per heavy atom. The summed E-state index contributed by atoms with van der Waals surface area (Å²) < 4.78 is 6.09. The molecule has 0 radical (unpaired) electrons. The molecule has 2 N–H and O–H groups in total. The molecule has 0 saturated heterocycles. The fourth-order valence-electron chi connectivity index (χ4n) is 12.0. The van der Waals surface area contributed by atoms with Crippen LogP contribution in [0.5, 0.6) is 5.75 Å². The van der Waals surface area contributed by atoms with E-state index in [4.69, 9.17) is 4.74 Å². The van der Waals surface area contributed by atoms with Crippen LogP contribution in [0.3, 0.4) is 0 Å². The standard InChI is InChI=1S/C68H76N4O6/c1-5-8-11-16-46-20-26-48(27-21-46)50-30-34-52(35-31-50)66(75)69-60-43-58(68(77)78-55-40-41-59(44(4)42-55)72-71-54-38-24-45(25-39-54)15-10-7-3)63(62-61(60)64(73)56-18-13-14-19-57(56)65(62)74)70-67(76)53-36-32-51(33-37-53)49-28-22-47(23-29-49)17-12-9-6-2/h13-14,18-19,24-25,30-43,46-49H,5-12,15-17,20-23,26-29H2,1-4H3,(H,69,75)(H,70,76). The number of esters is 1. The topological polar surface area (TPSA) is 143 Å². The molecule has 2 fully saturated rings. The average Bonchev–Trinajstić information content (AvgIpc) is 3.64. The number of hydrogen-bond acceptors (Lipinski definition) is 8. The number of nitrogens with zero attached hydrogens (tertiary/aromatic N) is 2. The molecule has 0 aromatic heterocycles. The predicted molar refractivity (Wildman–Crippen MR) is 312 cm³/mol. The smallest absolute Gasteiger partial charge is 0.345 e. The summed E-state index contributed by atoms with van der Waals surface area (Å²) in [5.41, 5.74) is 5.64. The van der Waals surface area contributed by atoms with Crippen molar-refractivity contribution >= 4 is 52.1 Å². The normalized spacial score (nSPS) is 18.1. The van der Waals surface area contributed by atoms with Crippen LogP contribution in [0.1, 0.15) is 233 Å². The summed E-state index contributed by atoms with van der Waals surface area (Å²) in [5.74, 6) is -0.644. The van der Waals surface area contributed by atoms with Gasteiger partial charge in [-0.3, -0.25) is 19.2 Å². The number of amides is 2. The number of carbonyl (C=O) groups is 5. The SMILES string of the molecule is CCCCCC1CCC(c2ccc(C(=O)Nc3cc(C(=O)Oc4ccc(N=Nc5ccc(CCCC)cc5)c(C)c4)c(NC(=O)c4ccc(C5CCC(CCCCC)CC5)cc4)c4c3C(=O)c3ccccc3C4=O)cc2)CC1. The van der Waals surface area contributed by atoms with E-state index in [9.17, 15) is 24.0 Å². The zero-order chi connectivity index (χ0) is 54.5. The molecule has 0 heterocycles. The van der Waals surface area contributed by atoms with Gasteiger partial charge in [0.1, 0.15) is 5.75 Å². The number of hydrogen-bond donors (Lipinski definition) is 2. The molecule has 2 amide bonds. The van der Waals surface area contributed by atoms with Crippen LogP contribution in [0.15, 0.2) is 132 Å². The molecule has 9 rings (SSSR count). The third-order valence-corrected chi connectivity index (χ3v) is 16.7. The second-order valence-electron chi connectivity index (χ2n) is 22.2.